The highest BCUT2D eigenvalue weighted by Crippen LogP contribution is 2.22. The maximum atomic E-state index is 13.1. The molecule has 8 nitrogen and oxygen atoms in total. The largest absolute Gasteiger partial charge is 0.454 e. The van der Waals surface area contributed by atoms with E-state index in [-0.39, 0.29) is 21.4 Å². The molecular formula is C18H15ClFN3O5S. The molecule has 152 valence electrons. The third-order valence-electron chi connectivity index (χ3n) is 3.88. The molecule has 0 radical (unpaired) electrons. The highest BCUT2D eigenvalue weighted by Gasteiger charge is 2.31. The number of amidine groups is 1. The highest BCUT2D eigenvalue weighted by atomic mass is 35.5. The fourth-order valence-electron chi connectivity index (χ4n) is 2.50. The first-order valence-electron chi connectivity index (χ1n) is 8.29. The molecule has 0 bridgehead atoms. The van der Waals surface area contributed by atoms with Gasteiger partial charge in [0.1, 0.15) is 17.7 Å². The second-order valence-corrected chi connectivity index (χ2v) is 8.10. The number of hydrogen-bond acceptors (Lipinski definition) is 6. The van der Waals surface area contributed by atoms with E-state index in [1.54, 1.807) is 18.2 Å². The lowest BCUT2D eigenvalue weighted by molar-refractivity contribution is -0.148. The zero-order valence-corrected chi connectivity index (χ0v) is 16.6. The minimum atomic E-state index is -3.73. The summed E-state index contributed by atoms with van der Waals surface area (Å²) in [6.07, 6.45) is 0. The van der Waals surface area contributed by atoms with E-state index in [1.807, 2.05) is 0 Å². The number of fused-ring (bicyclic) bond motifs is 1. The van der Waals surface area contributed by atoms with Gasteiger partial charge in [0.2, 0.25) is 0 Å². The van der Waals surface area contributed by atoms with Crippen LogP contribution in [-0.4, -0.2) is 38.8 Å². The van der Waals surface area contributed by atoms with Gasteiger partial charge in [-0.3, -0.25) is 14.5 Å². The SMILES string of the molecule is C[C@@H](N=C1NS(=O)(=O)c2ccccc21)C(=O)OCC(=O)Nc1ccc(F)c(Cl)c1. The quantitative estimate of drug-likeness (QED) is 0.692. The summed E-state index contributed by atoms with van der Waals surface area (Å²) in [5, 5.41) is 2.24. The Hall–Kier alpha value is -2.98. The molecule has 3 rings (SSSR count). The first-order valence-corrected chi connectivity index (χ1v) is 10.1. The molecule has 0 aliphatic carbocycles. The van der Waals surface area contributed by atoms with Gasteiger partial charge in [-0.1, -0.05) is 23.7 Å². The lowest BCUT2D eigenvalue weighted by atomic mass is 10.2. The Morgan fingerprint density at radius 2 is 2.00 bits per heavy atom. The van der Waals surface area contributed by atoms with E-state index in [0.717, 1.165) is 6.07 Å². The summed E-state index contributed by atoms with van der Waals surface area (Å²) in [7, 11) is -3.73. The van der Waals surface area contributed by atoms with E-state index in [9.17, 15) is 22.4 Å². The molecule has 1 aliphatic heterocycles. The van der Waals surface area contributed by atoms with E-state index in [0.29, 0.717) is 5.56 Å². The zero-order chi connectivity index (χ0) is 21.2. The molecule has 11 heteroatoms. The second-order valence-electron chi connectivity index (χ2n) is 6.04. The molecule has 1 aliphatic rings. The van der Waals surface area contributed by atoms with Gasteiger partial charge in [-0.05, 0) is 37.3 Å². The molecule has 2 aromatic carbocycles. The number of sulfonamides is 1. The first kappa shape index (κ1) is 20.7. The minimum Gasteiger partial charge on any atom is -0.454 e. The van der Waals surface area contributed by atoms with E-state index in [1.165, 1.54) is 25.1 Å². The Kier molecular flexibility index (Phi) is 5.85. The Morgan fingerprint density at radius 3 is 2.72 bits per heavy atom. The topological polar surface area (TPSA) is 114 Å². The Balaban J connectivity index is 1.60. The van der Waals surface area contributed by atoms with Crippen LogP contribution < -0.4 is 10.0 Å². The molecule has 0 unspecified atom stereocenters. The third-order valence-corrected chi connectivity index (χ3v) is 5.56. The Morgan fingerprint density at radius 1 is 1.28 bits per heavy atom. The van der Waals surface area contributed by atoms with Gasteiger partial charge < -0.3 is 10.1 Å². The summed E-state index contributed by atoms with van der Waals surface area (Å²) in [5.74, 6) is -2.09. The first-order chi connectivity index (χ1) is 13.7. The monoisotopic (exact) mass is 439 g/mol. The van der Waals surface area contributed by atoms with Gasteiger partial charge in [0.15, 0.2) is 6.61 Å². The number of amides is 1. The molecule has 1 amide bonds. The van der Waals surface area contributed by atoms with Crippen LogP contribution in [0.25, 0.3) is 0 Å². The van der Waals surface area contributed by atoms with Crippen molar-refractivity contribution in [2.45, 2.75) is 17.9 Å². The van der Waals surface area contributed by atoms with Crippen molar-refractivity contribution >= 4 is 45.0 Å². The van der Waals surface area contributed by atoms with Gasteiger partial charge in [0.25, 0.3) is 15.9 Å². The van der Waals surface area contributed by atoms with Crippen molar-refractivity contribution in [2.75, 3.05) is 11.9 Å². The molecule has 2 aromatic rings. The summed E-state index contributed by atoms with van der Waals surface area (Å²) in [4.78, 5) is 28.1. The van der Waals surface area contributed by atoms with Crippen LogP contribution in [0, 0.1) is 5.82 Å². The molecule has 0 fully saturated rings. The number of carbonyl (C=O) groups excluding carboxylic acids is 2. The van der Waals surface area contributed by atoms with Crippen LogP contribution in [-0.2, 0) is 24.3 Å². The van der Waals surface area contributed by atoms with E-state index in [4.69, 9.17) is 16.3 Å². The lowest BCUT2D eigenvalue weighted by Crippen LogP contribution is -2.28. The number of carbonyl (C=O) groups is 2. The second kappa shape index (κ2) is 8.18. The van der Waals surface area contributed by atoms with Crippen molar-refractivity contribution in [3.8, 4) is 0 Å². The van der Waals surface area contributed by atoms with Gasteiger partial charge in [-0.2, -0.15) is 0 Å². The number of anilines is 1. The molecule has 0 aromatic heterocycles. The fraction of sp³-hybridized carbons (Fsp3) is 0.167. The third kappa shape index (κ3) is 4.72. The highest BCUT2D eigenvalue weighted by molar-refractivity contribution is 7.90. The summed E-state index contributed by atoms with van der Waals surface area (Å²) >= 11 is 5.63. The summed E-state index contributed by atoms with van der Waals surface area (Å²) in [6, 6.07) is 8.75. The Bertz CT molecular complexity index is 1120. The minimum absolute atomic E-state index is 0.0236. The zero-order valence-electron chi connectivity index (χ0n) is 15.0. The van der Waals surface area contributed by atoms with E-state index < -0.39 is 40.4 Å². The molecule has 2 N–H and O–H groups in total. The molecule has 0 saturated carbocycles. The molecule has 29 heavy (non-hydrogen) atoms. The van der Waals surface area contributed by atoms with Crippen molar-refractivity contribution in [1.82, 2.24) is 4.72 Å². The predicted octanol–water partition coefficient (Wildman–Crippen LogP) is 2.09. The van der Waals surface area contributed by atoms with Crippen LogP contribution in [0.4, 0.5) is 10.1 Å². The Labute approximate surface area is 170 Å². The van der Waals surface area contributed by atoms with Crippen LogP contribution in [0.15, 0.2) is 52.4 Å². The van der Waals surface area contributed by atoms with Gasteiger partial charge >= 0.3 is 5.97 Å². The maximum Gasteiger partial charge on any atom is 0.331 e. The molecule has 0 spiro atoms. The van der Waals surface area contributed by atoms with Crippen LogP contribution in [0.5, 0.6) is 0 Å². The number of rotatable bonds is 5. The van der Waals surface area contributed by atoms with Gasteiger partial charge in [0, 0.05) is 11.3 Å². The van der Waals surface area contributed by atoms with Crippen LogP contribution >= 0.6 is 11.6 Å². The number of nitrogens with one attached hydrogen (secondary N) is 2. The maximum absolute atomic E-state index is 13.1. The van der Waals surface area contributed by atoms with E-state index >= 15 is 0 Å². The van der Waals surface area contributed by atoms with E-state index in [2.05, 4.69) is 15.0 Å². The molecule has 1 heterocycles. The van der Waals surface area contributed by atoms with Crippen molar-refractivity contribution in [1.29, 1.82) is 0 Å². The van der Waals surface area contributed by atoms with Crippen LogP contribution in [0.3, 0.4) is 0 Å². The lowest BCUT2D eigenvalue weighted by Gasteiger charge is -2.10. The molecule has 1 atom stereocenters. The summed E-state index contributed by atoms with van der Waals surface area (Å²) in [5.41, 5.74) is 0.584. The number of hydrogen-bond donors (Lipinski definition) is 2. The van der Waals surface area contributed by atoms with Gasteiger partial charge in [-0.15, -0.1) is 0 Å². The average Bonchev–Trinajstić information content (AvgIpc) is 2.93. The van der Waals surface area contributed by atoms with Gasteiger partial charge in [0.05, 0.1) is 9.92 Å². The standard InChI is InChI=1S/C18H15ClFN3O5S/c1-10(21-17-12-4-2-3-5-15(12)29(26,27)23-17)18(25)28-9-16(24)22-11-6-7-14(20)13(19)8-11/h2-8,10H,9H2,1H3,(H,21,23)(H,22,24)/t10-/m1/s1. The molecular weight excluding hydrogens is 425 g/mol. The molecule has 0 saturated heterocycles. The number of ether oxygens (including phenoxy) is 1. The number of halogens is 2. The normalized spacial score (nSPS) is 16.6. The number of aliphatic imine (C=N–C) groups is 1. The average molecular weight is 440 g/mol. The number of benzene rings is 2. The summed E-state index contributed by atoms with van der Waals surface area (Å²) in [6.45, 7) is 0.799. The smallest absolute Gasteiger partial charge is 0.331 e. The fourth-order valence-corrected chi connectivity index (χ4v) is 3.92. The summed E-state index contributed by atoms with van der Waals surface area (Å²) < 4.78 is 44.4. The van der Waals surface area contributed by atoms with Crippen molar-refractivity contribution in [3.05, 3.63) is 58.9 Å². The van der Waals surface area contributed by atoms with Crippen molar-refractivity contribution < 1.29 is 27.1 Å². The predicted molar refractivity (Wildman–Crippen MR) is 104 cm³/mol. The van der Waals surface area contributed by atoms with Crippen molar-refractivity contribution in [2.24, 2.45) is 4.99 Å². The number of esters is 1. The van der Waals surface area contributed by atoms with Crippen LogP contribution in [0.2, 0.25) is 5.02 Å². The van der Waals surface area contributed by atoms with Crippen molar-refractivity contribution in [3.63, 3.8) is 0 Å². The van der Waals surface area contributed by atoms with Gasteiger partial charge in [-0.25, -0.2) is 17.6 Å². The number of nitrogens with zero attached hydrogens (tertiary/aromatic N) is 1. The van der Waals surface area contributed by atoms with Crippen LogP contribution in [0.1, 0.15) is 12.5 Å².